The van der Waals surface area contributed by atoms with Crippen LogP contribution in [0.15, 0.2) is 35.1 Å². The van der Waals surface area contributed by atoms with Crippen molar-refractivity contribution < 1.29 is 4.79 Å². The first-order valence-electron chi connectivity index (χ1n) is 10.2. The third-order valence-electron chi connectivity index (χ3n) is 6.09. The number of H-pyrrole nitrogens is 1. The van der Waals surface area contributed by atoms with Gasteiger partial charge in [-0.1, -0.05) is 43.2 Å². The van der Waals surface area contributed by atoms with Gasteiger partial charge < -0.3 is 9.80 Å². The van der Waals surface area contributed by atoms with E-state index in [1.807, 2.05) is 37.2 Å². The largest absolute Gasteiger partial charge is 0.348 e. The summed E-state index contributed by atoms with van der Waals surface area (Å²) in [6, 6.07) is 10.2. The van der Waals surface area contributed by atoms with E-state index in [4.69, 9.17) is 0 Å². The minimum absolute atomic E-state index is 0.0869. The summed E-state index contributed by atoms with van der Waals surface area (Å²) in [5.74, 6) is 1.02. The van der Waals surface area contributed by atoms with Gasteiger partial charge in [-0.3, -0.25) is 14.6 Å². The standard InChI is InChI=1S/C22H28N4O2/c1-25(2)22-23-18-14-26(13-12-17(18)20(27)24-22)21(28)19(16-10-6-7-11-16)15-8-4-3-5-9-15/h3-5,8-9,16,19H,6-7,10-14H2,1-2H3,(H,23,24,27)/t19-/m1/s1. The lowest BCUT2D eigenvalue weighted by atomic mass is 9.83. The van der Waals surface area contributed by atoms with Crippen LogP contribution in [0.25, 0.3) is 0 Å². The van der Waals surface area contributed by atoms with E-state index in [9.17, 15) is 9.59 Å². The first-order valence-corrected chi connectivity index (χ1v) is 10.2. The molecule has 1 atom stereocenters. The number of rotatable bonds is 4. The average Bonchev–Trinajstić information content (AvgIpc) is 3.22. The molecule has 1 aliphatic heterocycles. The Morgan fingerprint density at radius 3 is 2.61 bits per heavy atom. The zero-order chi connectivity index (χ0) is 19.7. The maximum atomic E-state index is 13.6. The van der Waals surface area contributed by atoms with Crippen LogP contribution in [0.5, 0.6) is 0 Å². The summed E-state index contributed by atoms with van der Waals surface area (Å²) in [6.07, 6.45) is 5.18. The normalized spacial score (nSPS) is 18.0. The van der Waals surface area contributed by atoms with Gasteiger partial charge in [-0.15, -0.1) is 0 Å². The van der Waals surface area contributed by atoms with Gasteiger partial charge in [-0.2, -0.15) is 0 Å². The third kappa shape index (κ3) is 3.55. The summed E-state index contributed by atoms with van der Waals surface area (Å²) < 4.78 is 0. The van der Waals surface area contributed by atoms with E-state index in [0.717, 1.165) is 24.1 Å². The van der Waals surface area contributed by atoms with E-state index >= 15 is 0 Å². The lowest BCUT2D eigenvalue weighted by Crippen LogP contribution is -2.43. The highest BCUT2D eigenvalue weighted by Crippen LogP contribution is 2.39. The smallest absolute Gasteiger partial charge is 0.255 e. The molecule has 1 aromatic carbocycles. The van der Waals surface area contributed by atoms with Crippen LogP contribution in [0.4, 0.5) is 5.95 Å². The van der Waals surface area contributed by atoms with Crippen LogP contribution < -0.4 is 10.5 Å². The molecule has 2 heterocycles. The molecule has 4 rings (SSSR count). The second kappa shape index (κ2) is 7.78. The number of hydrogen-bond acceptors (Lipinski definition) is 4. The van der Waals surface area contributed by atoms with E-state index in [1.54, 1.807) is 4.90 Å². The monoisotopic (exact) mass is 380 g/mol. The topological polar surface area (TPSA) is 69.3 Å². The molecule has 0 radical (unpaired) electrons. The van der Waals surface area contributed by atoms with Crippen molar-refractivity contribution in [2.24, 2.45) is 5.92 Å². The third-order valence-corrected chi connectivity index (χ3v) is 6.09. The number of carbonyl (C=O) groups is 1. The Hall–Kier alpha value is -2.63. The Kier molecular flexibility index (Phi) is 5.20. The summed E-state index contributed by atoms with van der Waals surface area (Å²) in [5.41, 5.74) is 2.46. The van der Waals surface area contributed by atoms with Crippen molar-refractivity contribution in [3.63, 3.8) is 0 Å². The van der Waals surface area contributed by atoms with Gasteiger partial charge >= 0.3 is 0 Å². The van der Waals surface area contributed by atoms with Gasteiger partial charge in [0, 0.05) is 26.2 Å². The molecule has 0 bridgehead atoms. The molecular weight excluding hydrogens is 352 g/mol. The Morgan fingerprint density at radius 2 is 1.93 bits per heavy atom. The minimum atomic E-state index is -0.0967. The Balaban J connectivity index is 1.63. The zero-order valence-electron chi connectivity index (χ0n) is 16.6. The number of carbonyl (C=O) groups excluding carboxylic acids is 1. The summed E-state index contributed by atoms with van der Waals surface area (Å²) >= 11 is 0. The van der Waals surface area contributed by atoms with Crippen molar-refractivity contribution in [3.05, 3.63) is 57.5 Å². The maximum Gasteiger partial charge on any atom is 0.255 e. The van der Waals surface area contributed by atoms with Crippen molar-refractivity contribution in [1.82, 2.24) is 14.9 Å². The molecule has 2 aliphatic rings. The number of aromatic amines is 1. The van der Waals surface area contributed by atoms with Gasteiger partial charge in [0.1, 0.15) is 0 Å². The number of aromatic nitrogens is 2. The molecule has 1 saturated carbocycles. The average molecular weight is 380 g/mol. The molecule has 1 aliphatic carbocycles. The molecule has 28 heavy (non-hydrogen) atoms. The van der Waals surface area contributed by atoms with E-state index in [1.165, 1.54) is 12.8 Å². The molecule has 1 N–H and O–H groups in total. The zero-order valence-corrected chi connectivity index (χ0v) is 16.6. The summed E-state index contributed by atoms with van der Waals surface area (Å²) in [6.45, 7) is 0.989. The molecule has 0 spiro atoms. The van der Waals surface area contributed by atoms with Crippen LogP contribution in [0.1, 0.15) is 48.4 Å². The molecule has 1 amide bonds. The number of anilines is 1. The molecule has 6 nitrogen and oxygen atoms in total. The summed E-state index contributed by atoms with van der Waals surface area (Å²) in [4.78, 5) is 37.1. The van der Waals surface area contributed by atoms with E-state index < -0.39 is 0 Å². The van der Waals surface area contributed by atoms with Crippen LogP contribution in [-0.2, 0) is 17.8 Å². The number of amides is 1. The minimum Gasteiger partial charge on any atom is -0.348 e. The number of nitrogens with zero attached hydrogens (tertiary/aromatic N) is 3. The highest BCUT2D eigenvalue weighted by atomic mass is 16.2. The van der Waals surface area contributed by atoms with Crippen molar-refractivity contribution in [1.29, 1.82) is 0 Å². The van der Waals surface area contributed by atoms with Crippen molar-refractivity contribution in [3.8, 4) is 0 Å². The fourth-order valence-electron chi connectivity index (χ4n) is 4.59. The molecule has 1 aromatic heterocycles. The van der Waals surface area contributed by atoms with Gasteiger partial charge in [0.25, 0.3) is 5.56 Å². The Morgan fingerprint density at radius 1 is 1.21 bits per heavy atom. The summed E-state index contributed by atoms with van der Waals surface area (Å²) in [5, 5.41) is 0. The number of nitrogens with one attached hydrogen (secondary N) is 1. The van der Waals surface area contributed by atoms with Crippen molar-refractivity contribution >= 4 is 11.9 Å². The highest BCUT2D eigenvalue weighted by molar-refractivity contribution is 5.84. The molecule has 6 heteroatoms. The quantitative estimate of drug-likeness (QED) is 0.885. The molecular formula is C22H28N4O2. The molecule has 0 unspecified atom stereocenters. The predicted molar refractivity (Wildman–Crippen MR) is 109 cm³/mol. The van der Waals surface area contributed by atoms with E-state index in [2.05, 4.69) is 22.1 Å². The molecule has 1 fully saturated rings. The van der Waals surface area contributed by atoms with Gasteiger partial charge in [0.05, 0.1) is 18.2 Å². The first kappa shape index (κ1) is 18.7. The molecule has 0 saturated heterocycles. The fourth-order valence-corrected chi connectivity index (χ4v) is 4.59. The van der Waals surface area contributed by atoms with Gasteiger partial charge in [-0.25, -0.2) is 4.98 Å². The van der Waals surface area contributed by atoms with Crippen molar-refractivity contribution in [2.45, 2.75) is 44.6 Å². The summed E-state index contributed by atoms with van der Waals surface area (Å²) in [7, 11) is 3.70. The first-order chi connectivity index (χ1) is 13.5. The van der Waals surface area contributed by atoms with Crippen LogP contribution in [0.3, 0.4) is 0 Å². The Labute approximate surface area is 165 Å². The number of fused-ring (bicyclic) bond motifs is 1. The van der Waals surface area contributed by atoms with Crippen LogP contribution in [0, 0.1) is 5.92 Å². The maximum absolute atomic E-state index is 13.6. The highest BCUT2D eigenvalue weighted by Gasteiger charge is 2.36. The SMILES string of the molecule is CN(C)c1nc2c(c(=O)[nH]1)CCN(C(=O)[C@H](c1ccccc1)C1CCCC1)C2. The van der Waals surface area contributed by atoms with Gasteiger partial charge in [0.2, 0.25) is 11.9 Å². The lowest BCUT2D eigenvalue weighted by Gasteiger charge is -2.33. The second-order valence-electron chi connectivity index (χ2n) is 8.15. The second-order valence-corrected chi connectivity index (χ2v) is 8.15. The fraction of sp³-hybridized carbons (Fsp3) is 0.500. The molecule has 148 valence electrons. The molecule has 2 aromatic rings. The van der Waals surface area contributed by atoms with Crippen LogP contribution in [-0.4, -0.2) is 41.4 Å². The Bertz CT molecular complexity index is 900. The predicted octanol–water partition coefficient (Wildman–Crippen LogP) is 2.69. The van der Waals surface area contributed by atoms with Crippen molar-refractivity contribution in [2.75, 3.05) is 25.5 Å². The van der Waals surface area contributed by atoms with E-state index in [0.29, 0.717) is 36.9 Å². The lowest BCUT2D eigenvalue weighted by molar-refractivity contribution is -0.135. The van der Waals surface area contributed by atoms with Gasteiger partial charge in [0.15, 0.2) is 0 Å². The number of hydrogen-bond donors (Lipinski definition) is 1. The van der Waals surface area contributed by atoms with E-state index in [-0.39, 0.29) is 17.4 Å². The van der Waals surface area contributed by atoms with Gasteiger partial charge in [-0.05, 0) is 30.7 Å². The number of benzene rings is 1. The van der Waals surface area contributed by atoms with Crippen LogP contribution >= 0.6 is 0 Å². The van der Waals surface area contributed by atoms with Crippen LogP contribution in [0.2, 0.25) is 0 Å².